The molecule has 0 bridgehead atoms. The highest BCUT2D eigenvalue weighted by Gasteiger charge is 2.54. The van der Waals surface area contributed by atoms with Crippen molar-refractivity contribution in [3.05, 3.63) is 22.3 Å². The molecule has 0 radical (unpaired) electrons. The molecule has 0 aliphatic carbocycles. The first kappa shape index (κ1) is 37.4. The first-order chi connectivity index (χ1) is 22.2. The van der Waals surface area contributed by atoms with Gasteiger partial charge in [-0.15, -0.1) is 23.1 Å². The third-order valence-corrected chi connectivity index (χ3v) is 10.7. The monoisotopic (exact) mass is 734 g/mol. The molecule has 256 valence electrons. The van der Waals surface area contributed by atoms with E-state index in [1.165, 1.54) is 24.3 Å². The standard InChI is InChI=1S/C24H30N8O11S4/c1-43-31-15(11-7-45-24(26)29-11)19(37)30-16-20(38)32-17(23(41)42)9(5-44-21(16)32)6-46-47-8-12(18(36)27-4-14(34)35)28-13(33)3-2-10(25)22(39)40/h7,10,12,16,21H,2-6,8,25H2,1H3,(H2,26,29)(H,27,36)(H,28,33)(H,30,37)(H,34,35)(H,39,40)(H,41,42)/b31-15-/t10-,12+,16+,21+/m0/s1. The molecule has 3 heterocycles. The fourth-order valence-electron chi connectivity index (χ4n) is 4.07. The van der Waals surface area contributed by atoms with Gasteiger partial charge in [0.15, 0.2) is 10.8 Å². The predicted octanol–water partition coefficient (Wildman–Crippen LogP) is -1.93. The van der Waals surface area contributed by atoms with E-state index in [2.05, 4.69) is 26.1 Å². The Morgan fingerprint density at radius 2 is 1.94 bits per heavy atom. The van der Waals surface area contributed by atoms with Crippen molar-refractivity contribution >= 4 is 97.1 Å². The van der Waals surface area contributed by atoms with Crippen LogP contribution in [0.2, 0.25) is 0 Å². The van der Waals surface area contributed by atoms with Crippen molar-refractivity contribution in [3.63, 3.8) is 0 Å². The largest absolute Gasteiger partial charge is 0.480 e. The number of rotatable bonds is 18. The van der Waals surface area contributed by atoms with Crippen molar-refractivity contribution in [2.24, 2.45) is 10.9 Å². The SMILES string of the molecule is CO/N=C(\C(=O)N[C@@H]1C(=O)N2C(C(=O)O)=C(CSSC[C@@H](NC(=O)CC[C@H](N)C(=O)O)C(=O)NCC(=O)O)CS[C@H]12)c1csc(N)n1. The van der Waals surface area contributed by atoms with E-state index in [9.17, 15) is 38.7 Å². The zero-order chi connectivity index (χ0) is 34.8. The van der Waals surface area contributed by atoms with Crippen LogP contribution in [0.15, 0.2) is 21.8 Å². The van der Waals surface area contributed by atoms with Crippen LogP contribution < -0.4 is 27.4 Å². The molecule has 0 saturated carbocycles. The number of nitrogens with two attached hydrogens (primary N) is 2. The van der Waals surface area contributed by atoms with Gasteiger partial charge in [0.05, 0.1) is 0 Å². The van der Waals surface area contributed by atoms with Gasteiger partial charge in [0, 0.05) is 29.1 Å². The Morgan fingerprint density at radius 1 is 1.21 bits per heavy atom. The van der Waals surface area contributed by atoms with Crippen molar-refractivity contribution in [1.82, 2.24) is 25.8 Å². The molecule has 1 aromatic rings. The van der Waals surface area contributed by atoms with E-state index in [4.69, 9.17) is 26.5 Å². The Kier molecular flexibility index (Phi) is 13.7. The van der Waals surface area contributed by atoms with Crippen LogP contribution in [0.3, 0.4) is 0 Å². The quantitative estimate of drug-likeness (QED) is 0.0268. The molecule has 23 heteroatoms. The Bertz CT molecular complexity index is 1490. The minimum atomic E-state index is -1.36. The number of thiazole rings is 1. The summed E-state index contributed by atoms with van der Waals surface area (Å²) in [6.45, 7) is -0.703. The van der Waals surface area contributed by atoms with Crippen LogP contribution in [0.25, 0.3) is 0 Å². The number of oxime groups is 1. The van der Waals surface area contributed by atoms with Gasteiger partial charge in [-0.05, 0) is 12.0 Å². The number of hydrogen-bond acceptors (Lipinski definition) is 16. The zero-order valence-electron chi connectivity index (χ0n) is 24.4. The van der Waals surface area contributed by atoms with Gasteiger partial charge in [0.1, 0.15) is 48.5 Å². The summed E-state index contributed by atoms with van der Waals surface area (Å²) in [5.41, 5.74) is 11.1. The summed E-state index contributed by atoms with van der Waals surface area (Å²) in [6.07, 6.45) is -0.494. The molecular formula is C24H30N8O11S4. The second-order valence-corrected chi connectivity index (χ2v) is 14.1. The van der Waals surface area contributed by atoms with Gasteiger partial charge in [0.2, 0.25) is 11.8 Å². The maximum Gasteiger partial charge on any atom is 0.352 e. The van der Waals surface area contributed by atoms with Gasteiger partial charge in [-0.1, -0.05) is 26.7 Å². The molecule has 4 amide bonds. The number of nitrogen functional groups attached to an aromatic ring is 1. The summed E-state index contributed by atoms with van der Waals surface area (Å²) in [5, 5.41) is 39.5. The van der Waals surface area contributed by atoms with E-state index in [1.54, 1.807) is 0 Å². The first-order valence-electron chi connectivity index (χ1n) is 13.3. The lowest BCUT2D eigenvalue weighted by molar-refractivity contribution is -0.150. The van der Waals surface area contributed by atoms with Crippen LogP contribution in [-0.4, -0.2) is 127 Å². The van der Waals surface area contributed by atoms with Crippen LogP contribution in [0.1, 0.15) is 18.5 Å². The smallest absolute Gasteiger partial charge is 0.352 e. The van der Waals surface area contributed by atoms with Crippen LogP contribution in [0.4, 0.5) is 5.13 Å². The van der Waals surface area contributed by atoms with Gasteiger partial charge < -0.3 is 47.6 Å². The average molecular weight is 735 g/mol. The van der Waals surface area contributed by atoms with Gasteiger partial charge in [-0.3, -0.25) is 33.7 Å². The summed E-state index contributed by atoms with van der Waals surface area (Å²) in [5.74, 6) is -6.63. The van der Waals surface area contributed by atoms with E-state index < -0.39 is 71.6 Å². The van der Waals surface area contributed by atoms with Crippen molar-refractivity contribution in [2.75, 3.05) is 36.6 Å². The Balaban J connectivity index is 1.62. The molecular weight excluding hydrogens is 705 g/mol. The number of carbonyl (C=O) groups excluding carboxylic acids is 4. The van der Waals surface area contributed by atoms with E-state index in [0.717, 1.165) is 37.8 Å². The topological polar surface area (TPSA) is 306 Å². The van der Waals surface area contributed by atoms with Gasteiger partial charge in [-0.25, -0.2) is 9.78 Å². The molecule has 10 N–H and O–H groups in total. The molecule has 1 saturated heterocycles. The van der Waals surface area contributed by atoms with E-state index >= 15 is 0 Å². The minimum absolute atomic E-state index is 0.0644. The van der Waals surface area contributed by atoms with E-state index in [1.807, 2.05) is 0 Å². The molecule has 0 aromatic carbocycles. The number of nitrogens with one attached hydrogen (secondary N) is 3. The zero-order valence-corrected chi connectivity index (χ0v) is 27.6. The molecule has 0 spiro atoms. The number of hydrogen-bond donors (Lipinski definition) is 8. The summed E-state index contributed by atoms with van der Waals surface area (Å²) < 4.78 is 0. The summed E-state index contributed by atoms with van der Waals surface area (Å²) in [7, 11) is 3.44. The Morgan fingerprint density at radius 3 is 2.53 bits per heavy atom. The van der Waals surface area contributed by atoms with Gasteiger partial charge in [-0.2, -0.15) is 0 Å². The fraction of sp³-hybridized carbons (Fsp3) is 0.458. The van der Waals surface area contributed by atoms with Crippen LogP contribution in [0, 0.1) is 0 Å². The second kappa shape index (κ2) is 17.2. The first-order valence-corrected chi connectivity index (χ1v) is 17.7. The van der Waals surface area contributed by atoms with Crippen LogP contribution >= 0.6 is 44.7 Å². The fourth-order valence-corrected chi connectivity index (χ4v) is 8.40. The summed E-state index contributed by atoms with van der Waals surface area (Å²) in [6, 6.07) is -3.54. The van der Waals surface area contributed by atoms with Crippen molar-refractivity contribution in [2.45, 2.75) is 36.3 Å². The number of anilines is 1. The lowest BCUT2D eigenvalue weighted by Gasteiger charge is -2.49. The van der Waals surface area contributed by atoms with Crippen molar-refractivity contribution in [1.29, 1.82) is 0 Å². The summed E-state index contributed by atoms with van der Waals surface area (Å²) >= 11 is 2.30. The number of thioether (sulfide) groups is 1. The average Bonchev–Trinajstić information content (AvgIpc) is 3.46. The molecule has 19 nitrogen and oxygen atoms in total. The van der Waals surface area contributed by atoms with Crippen LogP contribution in [0.5, 0.6) is 0 Å². The number of amides is 4. The number of carboxylic acids is 3. The molecule has 1 fully saturated rings. The highest BCUT2D eigenvalue weighted by molar-refractivity contribution is 8.76. The maximum absolute atomic E-state index is 13.1. The highest BCUT2D eigenvalue weighted by Crippen LogP contribution is 2.42. The van der Waals surface area contributed by atoms with Crippen molar-refractivity contribution in [3.8, 4) is 0 Å². The number of fused-ring (bicyclic) bond motifs is 1. The number of aliphatic carboxylic acids is 3. The Hall–Kier alpha value is -4.06. The highest BCUT2D eigenvalue weighted by atomic mass is 33.1. The minimum Gasteiger partial charge on any atom is -0.480 e. The molecule has 47 heavy (non-hydrogen) atoms. The third-order valence-electron chi connectivity index (χ3n) is 6.31. The molecule has 4 atom stereocenters. The normalized spacial score (nSPS) is 18.7. The van der Waals surface area contributed by atoms with Crippen LogP contribution in [-0.2, 0) is 38.4 Å². The molecule has 2 aliphatic rings. The molecule has 0 unspecified atom stereocenters. The number of β-lactam (4-membered cyclic amide) rings is 1. The molecule has 2 aliphatic heterocycles. The lowest BCUT2D eigenvalue weighted by Crippen LogP contribution is -2.71. The summed E-state index contributed by atoms with van der Waals surface area (Å²) in [4.78, 5) is 94.7. The van der Waals surface area contributed by atoms with Gasteiger partial charge >= 0.3 is 17.9 Å². The van der Waals surface area contributed by atoms with Crippen molar-refractivity contribution < 1.29 is 53.7 Å². The Labute approximate surface area is 282 Å². The van der Waals surface area contributed by atoms with Gasteiger partial charge in [0.25, 0.3) is 11.8 Å². The number of carboxylic acid groups (broad SMARTS) is 3. The molecule has 1 aromatic heterocycles. The number of aromatic nitrogens is 1. The lowest BCUT2D eigenvalue weighted by atomic mass is 10.0. The van der Waals surface area contributed by atoms with E-state index in [0.29, 0.717) is 5.57 Å². The second-order valence-electron chi connectivity index (χ2n) is 9.57. The number of nitrogens with zero attached hydrogens (tertiary/aromatic N) is 3. The third kappa shape index (κ3) is 9.96. The molecule has 3 rings (SSSR count). The maximum atomic E-state index is 13.1. The predicted molar refractivity (Wildman–Crippen MR) is 172 cm³/mol. The van der Waals surface area contributed by atoms with E-state index in [-0.39, 0.29) is 52.3 Å². The number of carbonyl (C=O) groups is 7.